The van der Waals surface area contributed by atoms with Gasteiger partial charge in [-0.2, -0.15) is 0 Å². The zero-order chi connectivity index (χ0) is 10.9. The molecule has 0 aromatic heterocycles. The fourth-order valence-electron chi connectivity index (χ4n) is 1.85. The van der Waals surface area contributed by atoms with Gasteiger partial charge in [-0.3, -0.25) is 0 Å². The summed E-state index contributed by atoms with van der Waals surface area (Å²) in [5.74, 6) is 0. The lowest BCUT2D eigenvalue weighted by atomic mass is 10.1. The second kappa shape index (κ2) is 7.89. The molecule has 1 saturated heterocycles. The molecule has 2 nitrogen and oxygen atoms in total. The lowest BCUT2D eigenvalue weighted by molar-refractivity contribution is -0.179. The zero-order valence-electron chi connectivity index (χ0n) is 9.91. The molecule has 2 heteroatoms. The molecular formula is C13H24O2. The van der Waals surface area contributed by atoms with Crippen molar-refractivity contribution in [3.05, 3.63) is 12.7 Å². The van der Waals surface area contributed by atoms with E-state index < -0.39 is 0 Å². The van der Waals surface area contributed by atoms with Crippen molar-refractivity contribution >= 4 is 0 Å². The quantitative estimate of drug-likeness (QED) is 0.473. The highest BCUT2D eigenvalue weighted by Crippen LogP contribution is 2.18. The first-order valence-corrected chi connectivity index (χ1v) is 6.26. The zero-order valence-corrected chi connectivity index (χ0v) is 9.91. The molecule has 1 aliphatic rings. The Morgan fingerprint density at radius 2 is 2.33 bits per heavy atom. The maximum atomic E-state index is 5.85. The highest BCUT2D eigenvalue weighted by molar-refractivity contribution is 4.80. The van der Waals surface area contributed by atoms with Crippen LogP contribution < -0.4 is 0 Å². The summed E-state index contributed by atoms with van der Waals surface area (Å²) in [6.45, 7) is 6.89. The van der Waals surface area contributed by atoms with Gasteiger partial charge in [0.05, 0.1) is 6.10 Å². The molecule has 1 rings (SSSR count). The van der Waals surface area contributed by atoms with Crippen LogP contribution >= 0.6 is 0 Å². The summed E-state index contributed by atoms with van der Waals surface area (Å²) in [5, 5.41) is 0. The van der Waals surface area contributed by atoms with Crippen LogP contribution in [0, 0.1) is 0 Å². The van der Waals surface area contributed by atoms with Crippen LogP contribution in [0.5, 0.6) is 0 Å². The Hall–Kier alpha value is -0.340. The van der Waals surface area contributed by atoms with E-state index in [9.17, 15) is 0 Å². The van der Waals surface area contributed by atoms with Gasteiger partial charge in [0, 0.05) is 6.61 Å². The Morgan fingerprint density at radius 1 is 1.47 bits per heavy atom. The molecule has 0 aromatic rings. The van der Waals surface area contributed by atoms with Crippen LogP contribution in [-0.4, -0.2) is 19.0 Å². The first kappa shape index (κ1) is 12.7. The van der Waals surface area contributed by atoms with Gasteiger partial charge in [-0.25, -0.2) is 0 Å². The molecule has 0 aliphatic carbocycles. The van der Waals surface area contributed by atoms with E-state index in [1.165, 1.54) is 32.1 Å². The van der Waals surface area contributed by atoms with Crippen molar-refractivity contribution in [2.24, 2.45) is 0 Å². The Morgan fingerprint density at radius 3 is 2.93 bits per heavy atom. The Bertz CT molecular complexity index is 162. The molecule has 1 fully saturated rings. The number of hydrogen-bond acceptors (Lipinski definition) is 2. The lowest BCUT2D eigenvalue weighted by Gasteiger charge is -2.26. The van der Waals surface area contributed by atoms with E-state index >= 15 is 0 Å². The summed E-state index contributed by atoms with van der Waals surface area (Å²) >= 11 is 0. The second-order valence-electron chi connectivity index (χ2n) is 4.20. The molecule has 0 aromatic carbocycles. The number of ether oxygens (including phenoxy) is 2. The fraction of sp³-hybridized carbons (Fsp3) is 0.846. The third-order valence-electron chi connectivity index (χ3n) is 2.82. The minimum absolute atomic E-state index is 0.0170. The van der Waals surface area contributed by atoms with E-state index in [2.05, 4.69) is 13.5 Å². The predicted octanol–water partition coefficient (Wildman–Crippen LogP) is 3.66. The van der Waals surface area contributed by atoms with Gasteiger partial charge in [0.2, 0.25) is 0 Å². The van der Waals surface area contributed by atoms with Gasteiger partial charge in [-0.1, -0.05) is 32.3 Å². The topological polar surface area (TPSA) is 18.5 Å². The van der Waals surface area contributed by atoms with Gasteiger partial charge in [0.25, 0.3) is 0 Å². The van der Waals surface area contributed by atoms with Crippen LogP contribution in [0.15, 0.2) is 12.7 Å². The van der Waals surface area contributed by atoms with Crippen LogP contribution in [-0.2, 0) is 9.47 Å². The standard InChI is InChI=1S/C13H24O2/c1-3-5-6-9-12(4-2)15-13-10-7-8-11-14-13/h4,12-13H,2-3,5-11H2,1H3. The normalized spacial score (nSPS) is 23.7. The minimum atomic E-state index is 0.0170. The van der Waals surface area contributed by atoms with Crippen molar-refractivity contribution in [1.29, 1.82) is 0 Å². The van der Waals surface area contributed by atoms with E-state index in [0.717, 1.165) is 19.4 Å². The highest BCUT2D eigenvalue weighted by atomic mass is 16.7. The van der Waals surface area contributed by atoms with Gasteiger partial charge in [0.1, 0.15) is 0 Å². The van der Waals surface area contributed by atoms with Crippen LogP contribution in [0.3, 0.4) is 0 Å². The molecule has 0 bridgehead atoms. The average Bonchev–Trinajstić information content (AvgIpc) is 2.29. The molecule has 1 heterocycles. The highest BCUT2D eigenvalue weighted by Gasteiger charge is 2.17. The molecule has 1 aliphatic heterocycles. The number of rotatable bonds is 7. The van der Waals surface area contributed by atoms with E-state index in [0.29, 0.717) is 0 Å². The van der Waals surface area contributed by atoms with Gasteiger partial charge in [0.15, 0.2) is 6.29 Å². The SMILES string of the molecule is C=CC(CCCCC)OC1CCCCO1. The summed E-state index contributed by atoms with van der Waals surface area (Å²) in [7, 11) is 0. The smallest absolute Gasteiger partial charge is 0.158 e. The Kier molecular flexibility index (Phi) is 6.69. The molecule has 0 saturated carbocycles. The predicted molar refractivity (Wildman–Crippen MR) is 62.8 cm³/mol. The third-order valence-corrected chi connectivity index (χ3v) is 2.82. The monoisotopic (exact) mass is 212 g/mol. The molecule has 15 heavy (non-hydrogen) atoms. The van der Waals surface area contributed by atoms with Crippen LogP contribution in [0.25, 0.3) is 0 Å². The Labute approximate surface area is 93.7 Å². The maximum absolute atomic E-state index is 5.85. The van der Waals surface area contributed by atoms with Crippen LogP contribution in [0.4, 0.5) is 0 Å². The van der Waals surface area contributed by atoms with E-state index in [1.54, 1.807) is 0 Å². The first-order chi connectivity index (χ1) is 7.36. The molecule has 2 atom stereocenters. The summed E-state index contributed by atoms with van der Waals surface area (Å²) in [4.78, 5) is 0. The third kappa shape index (κ3) is 5.33. The van der Waals surface area contributed by atoms with Crippen molar-refractivity contribution in [3.8, 4) is 0 Å². The maximum Gasteiger partial charge on any atom is 0.158 e. The summed E-state index contributed by atoms with van der Waals surface area (Å²) in [6, 6.07) is 0. The fourth-order valence-corrected chi connectivity index (χ4v) is 1.85. The molecule has 2 unspecified atom stereocenters. The minimum Gasteiger partial charge on any atom is -0.353 e. The Balaban J connectivity index is 2.16. The van der Waals surface area contributed by atoms with Gasteiger partial charge >= 0.3 is 0 Å². The van der Waals surface area contributed by atoms with Crippen molar-refractivity contribution in [1.82, 2.24) is 0 Å². The largest absolute Gasteiger partial charge is 0.353 e. The van der Waals surface area contributed by atoms with Crippen molar-refractivity contribution < 1.29 is 9.47 Å². The van der Waals surface area contributed by atoms with Gasteiger partial charge < -0.3 is 9.47 Å². The first-order valence-electron chi connectivity index (χ1n) is 6.26. The molecule has 0 spiro atoms. The molecule has 0 N–H and O–H groups in total. The van der Waals surface area contributed by atoms with Gasteiger partial charge in [-0.15, -0.1) is 6.58 Å². The van der Waals surface area contributed by atoms with E-state index in [4.69, 9.17) is 9.47 Å². The van der Waals surface area contributed by atoms with Crippen LogP contribution in [0.2, 0.25) is 0 Å². The van der Waals surface area contributed by atoms with Crippen LogP contribution in [0.1, 0.15) is 51.9 Å². The molecular weight excluding hydrogens is 188 g/mol. The second-order valence-corrected chi connectivity index (χ2v) is 4.20. The lowest BCUT2D eigenvalue weighted by Crippen LogP contribution is -2.26. The number of unbranched alkanes of at least 4 members (excludes halogenated alkanes) is 2. The van der Waals surface area contributed by atoms with Gasteiger partial charge in [-0.05, 0) is 25.7 Å². The summed E-state index contributed by atoms with van der Waals surface area (Å²) < 4.78 is 11.4. The van der Waals surface area contributed by atoms with E-state index in [-0.39, 0.29) is 12.4 Å². The number of hydrogen-bond donors (Lipinski definition) is 0. The molecule has 88 valence electrons. The van der Waals surface area contributed by atoms with Crippen molar-refractivity contribution in [3.63, 3.8) is 0 Å². The summed E-state index contributed by atoms with van der Waals surface area (Å²) in [5.41, 5.74) is 0. The summed E-state index contributed by atoms with van der Waals surface area (Å²) in [6.07, 6.45) is 10.4. The van der Waals surface area contributed by atoms with E-state index in [1.807, 2.05) is 6.08 Å². The average molecular weight is 212 g/mol. The van der Waals surface area contributed by atoms with Crippen molar-refractivity contribution in [2.75, 3.05) is 6.61 Å². The molecule has 0 amide bonds. The van der Waals surface area contributed by atoms with Crippen molar-refractivity contribution in [2.45, 2.75) is 64.3 Å². The molecule has 0 radical (unpaired) electrons.